The highest BCUT2D eigenvalue weighted by atomic mass is 35.5. The summed E-state index contributed by atoms with van der Waals surface area (Å²) in [5.41, 5.74) is 0.871. The highest BCUT2D eigenvalue weighted by Crippen LogP contribution is 2.22. The number of halogens is 3. The summed E-state index contributed by atoms with van der Waals surface area (Å²) in [6, 6.07) is 8.72. The van der Waals surface area contributed by atoms with Crippen LogP contribution < -0.4 is 16.0 Å². The first-order valence-corrected chi connectivity index (χ1v) is 11.4. The number of benzene rings is 2. The Morgan fingerprint density at radius 3 is 2.68 bits per heavy atom. The van der Waals surface area contributed by atoms with Crippen molar-refractivity contribution in [1.29, 1.82) is 0 Å². The van der Waals surface area contributed by atoms with Crippen LogP contribution in [0.1, 0.15) is 24.0 Å². The van der Waals surface area contributed by atoms with Crippen LogP contribution in [-0.4, -0.2) is 42.0 Å². The van der Waals surface area contributed by atoms with E-state index in [4.69, 9.17) is 11.6 Å². The summed E-state index contributed by atoms with van der Waals surface area (Å²) >= 11 is 5.76. The molecule has 9 heteroatoms. The molecule has 178 valence electrons. The van der Waals surface area contributed by atoms with Crippen molar-refractivity contribution in [3.05, 3.63) is 76.5 Å². The first-order valence-electron chi connectivity index (χ1n) is 11.1. The lowest BCUT2D eigenvalue weighted by molar-refractivity contribution is -0.133. The summed E-state index contributed by atoms with van der Waals surface area (Å²) in [5.74, 6) is -1.62. The summed E-state index contributed by atoms with van der Waals surface area (Å²) in [5, 5.41) is 9.98. The predicted octanol–water partition coefficient (Wildman–Crippen LogP) is 3.71. The van der Waals surface area contributed by atoms with E-state index in [9.17, 15) is 18.4 Å². The Balaban J connectivity index is 1.40. The molecule has 1 aliphatic heterocycles. The lowest BCUT2D eigenvalue weighted by atomic mass is 9.87. The molecule has 0 unspecified atom stereocenters. The number of hydrogen-bond donors (Lipinski definition) is 4. The molecule has 1 saturated heterocycles. The van der Waals surface area contributed by atoms with E-state index in [1.54, 1.807) is 12.3 Å². The highest BCUT2D eigenvalue weighted by molar-refractivity contribution is 6.30. The zero-order valence-electron chi connectivity index (χ0n) is 18.4. The van der Waals surface area contributed by atoms with Crippen LogP contribution in [-0.2, 0) is 16.0 Å². The molecule has 2 heterocycles. The van der Waals surface area contributed by atoms with Crippen LogP contribution in [0.15, 0.2) is 48.7 Å². The van der Waals surface area contributed by atoms with Gasteiger partial charge in [0.25, 0.3) is 0 Å². The molecule has 1 fully saturated rings. The normalized spacial score (nSPS) is 15.5. The average Bonchev–Trinajstić information content (AvgIpc) is 3.21. The van der Waals surface area contributed by atoms with Crippen molar-refractivity contribution in [2.45, 2.75) is 24.8 Å². The van der Waals surface area contributed by atoms with Gasteiger partial charge >= 0.3 is 0 Å². The molecule has 1 aliphatic rings. The maximum atomic E-state index is 14.0. The van der Waals surface area contributed by atoms with Crippen LogP contribution in [0.2, 0.25) is 5.02 Å². The Kier molecular flexibility index (Phi) is 7.29. The van der Waals surface area contributed by atoms with Crippen molar-refractivity contribution in [3.63, 3.8) is 0 Å². The first-order chi connectivity index (χ1) is 16.4. The maximum absolute atomic E-state index is 14.0. The number of amides is 2. The van der Waals surface area contributed by atoms with E-state index < -0.39 is 17.3 Å². The highest BCUT2D eigenvalue weighted by Gasteiger charge is 2.40. The minimum Gasteiger partial charge on any atom is -0.361 e. The monoisotopic (exact) mass is 486 g/mol. The Labute approximate surface area is 200 Å². The van der Waals surface area contributed by atoms with E-state index in [0.29, 0.717) is 38.9 Å². The Morgan fingerprint density at radius 1 is 1.12 bits per heavy atom. The van der Waals surface area contributed by atoms with Crippen molar-refractivity contribution in [2.75, 3.05) is 19.6 Å². The fourth-order valence-electron chi connectivity index (χ4n) is 4.18. The van der Waals surface area contributed by atoms with Gasteiger partial charge in [0.15, 0.2) is 0 Å². The van der Waals surface area contributed by atoms with Gasteiger partial charge in [-0.3, -0.25) is 9.59 Å². The average molecular weight is 487 g/mol. The molecule has 2 amide bonds. The molecule has 3 aromatic rings. The van der Waals surface area contributed by atoms with Crippen molar-refractivity contribution < 1.29 is 18.4 Å². The Morgan fingerprint density at radius 2 is 1.91 bits per heavy atom. The topological polar surface area (TPSA) is 86.0 Å². The van der Waals surface area contributed by atoms with Crippen LogP contribution in [0.5, 0.6) is 0 Å². The summed E-state index contributed by atoms with van der Waals surface area (Å²) in [6.45, 7) is 1.48. The molecule has 6 nitrogen and oxygen atoms in total. The predicted molar refractivity (Wildman–Crippen MR) is 128 cm³/mol. The van der Waals surface area contributed by atoms with E-state index >= 15 is 0 Å². The number of carbonyl (C=O) groups is 2. The molecular weight excluding hydrogens is 462 g/mol. The minimum atomic E-state index is -1.07. The van der Waals surface area contributed by atoms with Gasteiger partial charge in [0.05, 0.1) is 0 Å². The van der Waals surface area contributed by atoms with Crippen molar-refractivity contribution in [2.24, 2.45) is 0 Å². The SMILES string of the molecule is O=C(/C=C/c1ccc(Cl)cc1F)NC1(C(=O)NCCc2c[nH]c3ccc(F)cc23)CCNCC1. The third-order valence-corrected chi connectivity index (χ3v) is 6.28. The molecule has 0 atom stereocenters. The van der Waals surface area contributed by atoms with Crippen LogP contribution in [0.4, 0.5) is 8.78 Å². The lowest BCUT2D eigenvalue weighted by Crippen LogP contribution is -2.62. The molecule has 0 saturated carbocycles. The summed E-state index contributed by atoms with van der Waals surface area (Å²) in [7, 11) is 0. The van der Waals surface area contributed by atoms with E-state index in [0.717, 1.165) is 16.5 Å². The largest absolute Gasteiger partial charge is 0.361 e. The number of fused-ring (bicyclic) bond motifs is 1. The molecule has 0 bridgehead atoms. The van der Waals surface area contributed by atoms with E-state index in [2.05, 4.69) is 20.9 Å². The van der Waals surface area contributed by atoms with E-state index in [-0.39, 0.29) is 22.3 Å². The van der Waals surface area contributed by atoms with E-state index in [1.165, 1.54) is 42.5 Å². The smallest absolute Gasteiger partial charge is 0.245 e. The number of hydrogen-bond acceptors (Lipinski definition) is 3. The van der Waals surface area contributed by atoms with Gasteiger partial charge in [0, 0.05) is 40.3 Å². The van der Waals surface area contributed by atoms with Crippen LogP contribution in [0.25, 0.3) is 17.0 Å². The fraction of sp³-hybridized carbons (Fsp3) is 0.280. The second-order valence-electron chi connectivity index (χ2n) is 8.33. The fourth-order valence-corrected chi connectivity index (χ4v) is 4.34. The number of aromatic nitrogens is 1. The van der Waals surface area contributed by atoms with Gasteiger partial charge in [0.1, 0.15) is 17.2 Å². The third-order valence-electron chi connectivity index (χ3n) is 6.04. The summed E-state index contributed by atoms with van der Waals surface area (Å²) < 4.78 is 27.6. The van der Waals surface area contributed by atoms with Gasteiger partial charge in [-0.25, -0.2) is 8.78 Å². The van der Waals surface area contributed by atoms with Gasteiger partial charge < -0.3 is 20.9 Å². The first kappa shape index (κ1) is 23.9. The van der Waals surface area contributed by atoms with Gasteiger partial charge in [0.2, 0.25) is 11.8 Å². The Bertz CT molecular complexity index is 1230. The van der Waals surface area contributed by atoms with Gasteiger partial charge in [-0.15, -0.1) is 0 Å². The van der Waals surface area contributed by atoms with Crippen LogP contribution in [0.3, 0.4) is 0 Å². The number of H-pyrrole nitrogens is 1. The lowest BCUT2D eigenvalue weighted by Gasteiger charge is -2.36. The molecule has 0 radical (unpaired) electrons. The number of aromatic amines is 1. The van der Waals surface area contributed by atoms with Gasteiger partial charge in [-0.05, 0) is 74.3 Å². The van der Waals surface area contributed by atoms with Crippen LogP contribution in [0, 0.1) is 11.6 Å². The zero-order chi connectivity index (χ0) is 24.1. The minimum absolute atomic E-state index is 0.221. The maximum Gasteiger partial charge on any atom is 0.245 e. The summed E-state index contributed by atoms with van der Waals surface area (Å²) in [6.07, 6.45) is 5.72. The third kappa shape index (κ3) is 5.46. The molecule has 34 heavy (non-hydrogen) atoms. The molecule has 0 aliphatic carbocycles. The zero-order valence-corrected chi connectivity index (χ0v) is 19.1. The molecule has 4 N–H and O–H groups in total. The number of carbonyl (C=O) groups excluding carboxylic acids is 2. The van der Waals surface area contributed by atoms with Crippen molar-refractivity contribution >= 4 is 40.4 Å². The molecule has 0 spiro atoms. The van der Waals surface area contributed by atoms with E-state index in [1.807, 2.05) is 0 Å². The quantitative estimate of drug-likeness (QED) is 0.384. The standard InChI is InChI=1S/C25H25ClF2N4O2/c26-18-3-1-16(21(28)13-18)2-6-23(33)32-25(8-11-29-12-9-25)24(34)30-10-7-17-15-31-22-5-4-19(27)14-20(17)22/h1-6,13-15,29,31H,7-12H2,(H,30,34)(H,32,33)/b6-2+. The van der Waals surface area contributed by atoms with Crippen molar-refractivity contribution in [1.82, 2.24) is 20.9 Å². The second-order valence-corrected chi connectivity index (χ2v) is 8.77. The molecule has 2 aromatic carbocycles. The molecule has 1 aromatic heterocycles. The number of nitrogens with one attached hydrogen (secondary N) is 4. The summed E-state index contributed by atoms with van der Waals surface area (Å²) in [4.78, 5) is 28.9. The molecule has 4 rings (SSSR count). The van der Waals surface area contributed by atoms with Gasteiger partial charge in [-0.1, -0.05) is 17.7 Å². The number of rotatable bonds is 7. The van der Waals surface area contributed by atoms with Crippen LogP contribution >= 0.6 is 11.6 Å². The van der Waals surface area contributed by atoms with Crippen molar-refractivity contribution in [3.8, 4) is 0 Å². The Hall–Kier alpha value is -3.23. The second kappa shape index (κ2) is 10.4. The molecular formula is C25H25ClF2N4O2. The number of piperidine rings is 1. The van der Waals surface area contributed by atoms with Gasteiger partial charge in [-0.2, -0.15) is 0 Å².